The number of benzene rings is 2. The summed E-state index contributed by atoms with van der Waals surface area (Å²) in [5, 5.41) is 9.69. The molecule has 1 saturated heterocycles. The molecule has 0 radical (unpaired) electrons. The molecular weight excluding hydrogens is 366 g/mol. The summed E-state index contributed by atoms with van der Waals surface area (Å²) >= 11 is 0. The minimum Gasteiger partial charge on any atom is -0.375 e. The highest BCUT2D eigenvalue weighted by atomic mass is 16.5. The van der Waals surface area contributed by atoms with Gasteiger partial charge in [-0.15, -0.1) is 0 Å². The van der Waals surface area contributed by atoms with Gasteiger partial charge in [-0.1, -0.05) is 36.4 Å². The minimum atomic E-state index is -0.294. The second-order valence-corrected chi connectivity index (χ2v) is 8.14. The van der Waals surface area contributed by atoms with Crippen LogP contribution in [0.4, 0.5) is 0 Å². The lowest BCUT2D eigenvalue weighted by Gasteiger charge is -2.35. The molecule has 0 aliphatic carbocycles. The molecule has 0 spiro atoms. The summed E-state index contributed by atoms with van der Waals surface area (Å²) < 4.78 is 6.92. The molecule has 4 rings (SSSR count). The molecule has 150 valence electrons. The number of carbonyl (C=O) groups excluding carboxylic acids is 1. The molecule has 6 heteroatoms. The van der Waals surface area contributed by atoms with Gasteiger partial charge in [-0.2, -0.15) is 5.10 Å². The Labute approximate surface area is 169 Å². The predicted octanol–water partition coefficient (Wildman–Crippen LogP) is 3.14. The van der Waals surface area contributed by atoms with E-state index in [1.165, 1.54) is 10.7 Å². The molecule has 0 bridgehead atoms. The maximum Gasteiger partial charge on any atom is 0.267 e. The second kappa shape index (κ2) is 7.79. The molecule has 1 aromatic heterocycles. The van der Waals surface area contributed by atoms with Crippen molar-refractivity contribution in [2.24, 2.45) is 0 Å². The quantitative estimate of drug-likeness (QED) is 0.742. The summed E-state index contributed by atoms with van der Waals surface area (Å²) in [4.78, 5) is 24.8. The first-order chi connectivity index (χ1) is 13.9. The van der Waals surface area contributed by atoms with Crippen LogP contribution in [-0.4, -0.2) is 33.9 Å². The maximum absolute atomic E-state index is 12.5. The Bertz CT molecular complexity index is 1100. The van der Waals surface area contributed by atoms with E-state index in [0.29, 0.717) is 12.3 Å². The number of ether oxygens (including phenoxy) is 1. The second-order valence-electron chi connectivity index (χ2n) is 8.14. The summed E-state index contributed by atoms with van der Waals surface area (Å²) in [5.74, 6) is -0.210. The first-order valence-electron chi connectivity index (χ1n) is 9.90. The van der Waals surface area contributed by atoms with E-state index >= 15 is 0 Å². The van der Waals surface area contributed by atoms with Crippen molar-refractivity contribution in [1.29, 1.82) is 0 Å². The van der Waals surface area contributed by atoms with Crippen LogP contribution in [0.3, 0.4) is 0 Å². The molecule has 1 aliphatic rings. The van der Waals surface area contributed by atoms with Crippen LogP contribution < -0.4 is 10.9 Å². The Morgan fingerprint density at radius 2 is 1.97 bits per heavy atom. The highest BCUT2D eigenvalue weighted by Gasteiger charge is 2.29. The number of amides is 1. The fraction of sp³-hybridized carbons (Fsp3) is 0.348. The lowest BCUT2D eigenvalue weighted by molar-refractivity contribution is -0.124. The van der Waals surface area contributed by atoms with E-state index in [9.17, 15) is 9.59 Å². The van der Waals surface area contributed by atoms with Crippen molar-refractivity contribution in [3.63, 3.8) is 0 Å². The van der Waals surface area contributed by atoms with Crippen molar-refractivity contribution in [2.45, 2.75) is 44.9 Å². The van der Waals surface area contributed by atoms with Crippen LogP contribution in [-0.2, 0) is 16.1 Å². The van der Waals surface area contributed by atoms with Gasteiger partial charge in [0.2, 0.25) is 5.91 Å². The average molecular weight is 391 g/mol. The molecule has 0 saturated carbocycles. The normalized spacial score (nSPS) is 18.5. The Balaban J connectivity index is 1.52. The fourth-order valence-electron chi connectivity index (χ4n) is 3.83. The zero-order chi connectivity index (χ0) is 20.4. The van der Waals surface area contributed by atoms with Crippen LogP contribution in [0.1, 0.15) is 26.7 Å². The fourth-order valence-corrected chi connectivity index (χ4v) is 3.83. The van der Waals surface area contributed by atoms with Gasteiger partial charge in [-0.3, -0.25) is 9.59 Å². The Morgan fingerprint density at radius 3 is 2.76 bits per heavy atom. The van der Waals surface area contributed by atoms with E-state index in [-0.39, 0.29) is 29.7 Å². The van der Waals surface area contributed by atoms with Gasteiger partial charge >= 0.3 is 0 Å². The van der Waals surface area contributed by atoms with Crippen LogP contribution in [0.5, 0.6) is 0 Å². The van der Waals surface area contributed by atoms with Crippen molar-refractivity contribution >= 4 is 16.7 Å². The number of hydrogen-bond donors (Lipinski definition) is 1. The third-order valence-corrected chi connectivity index (χ3v) is 5.27. The van der Waals surface area contributed by atoms with E-state index in [1.54, 1.807) is 6.07 Å². The molecular formula is C23H25N3O3. The zero-order valence-electron chi connectivity index (χ0n) is 16.7. The number of fused-ring (bicyclic) bond motifs is 1. The summed E-state index contributed by atoms with van der Waals surface area (Å²) in [5.41, 5.74) is 1.03. The molecule has 6 nitrogen and oxygen atoms in total. The van der Waals surface area contributed by atoms with Crippen molar-refractivity contribution in [1.82, 2.24) is 15.1 Å². The number of rotatable bonds is 4. The van der Waals surface area contributed by atoms with E-state index < -0.39 is 0 Å². The van der Waals surface area contributed by atoms with Gasteiger partial charge < -0.3 is 10.1 Å². The smallest absolute Gasteiger partial charge is 0.267 e. The van der Waals surface area contributed by atoms with Crippen molar-refractivity contribution < 1.29 is 9.53 Å². The third-order valence-electron chi connectivity index (χ3n) is 5.27. The zero-order valence-corrected chi connectivity index (χ0v) is 16.7. The van der Waals surface area contributed by atoms with Gasteiger partial charge in [0.1, 0.15) is 6.54 Å². The lowest BCUT2D eigenvalue weighted by atomic mass is 9.94. The largest absolute Gasteiger partial charge is 0.375 e. The van der Waals surface area contributed by atoms with Gasteiger partial charge in [0, 0.05) is 24.3 Å². The topological polar surface area (TPSA) is 73.2 Å². The van der Waals surface area contributed by atoms with Crippen molar-refractivity contribution in [2.75, 3.05) is 6.61 Å². The SMILES string of the molecule is CC1(C)CC(NC(=O)Cn2nc(-c3ccc4ccccc4c3)ccc2=O)CCO1. The molecule has 1 atom stereocenters. The van der Waals surface area contributed by atoms with Crippen molar-refractivity contribution in [3.05, 3.63) is 65.0 Å². The minimum absolute atomic E-state index is 0.0469. The Morgan fingerprint density at radius 1 is 1.17 bits per heavy atom. The first-order valence-corrected chi connectivity index (χ1v) is 9.90. The molecule has 2 heterocycles. The molecule has 1 amide bonds. The molecule has 29 heavy (non-hydrogen) atoms. The summed E-state index contributed by atoms with van der Waals surface area (Å²) in [6, 6.07) is 17.3. The van der Waals surface area contributed by atoms with Crippen LogP contribution in [0.15, 0.2) is 59.4 Å². The highest BCUT2D eigenvalue weighted by molar-refractivity contribution is 5.86. The maximum atomic E-state index is 12.5. The predicted molar refractivity (Wildman–Crippen MR) is 113 cm³/mol. The lowest BCUT2D eigenvalue weighted by Crippen LogP contribution is -2.47. The van der Waals surface area contributed by atoms with Crippen molar-refractivity contribution in [3.8, 4) is 11.3 Å². The number of nitrogens with one attached hydrogen (secondary N) is 1. The van der Waals surface area contributed by atoms with Crippen LogP contribution >= 0.6 is 0 Å². The van der Waals surface area contributed by atoms with Gasteiger partial charge in [0.15, 0.2) is 0 Å². The molecule has 1 fully saturated rings. The molecule has 1 aliphatic heterocycles. The van der Waals surface area contributed by atoms with Gasteiger partial charge in [0.05, 0.1) is 11.3 Å². The first kappa shape index (κ1) is 19.3. The summed E-state index contributed by atoms with van der Waals surface area (Å²) in [7, 11) is 0. The van der Waals surface area contributed by atoms with E-state index in [0.717, 1.165) is 29.2 Å². The summed E-state index contributed by atoms with van der Waals surface area (Å²) in [6.07, 6.45) is 1.52. The molecule has 2 aromatic carbocycles. The van der Waals surface area contributed by atoms with Gasteiger partial charge in [-0.25, -0.2) is 4.68 Å². The highest BCUT2D eigenvalue weighted by Crippen LogP contribution is 2.24. The van der Waals surface area contributed by atoms with Crippen LogP contribution in [0.25, 0.3) is 22.0 Å². The third kappa shape index (κ3) is 4.54. The number of hydrogen-bond acceptors (Lipinski definition) is 4. The summed E-state index contributed by atoms with van der Waals surface area (Å²) in [6.45, 7) is 4.56. The monoisotopic (exact) mass is 391 g/mol. The number of carbonyl (C=O) groups is 1. The molecule has 1 N–H and O–H groups in total. The molecule has 3 aromatic rings. The van der Waals surface area contributed by atoms with E-state index in [1.807, 2.05) is 50.2 Å². The van der Waals surface area contributed by atoms with Crippen LogP contribution in [0, 0.1) is 0 Å². The Hall–Kier alpha value is -2.99. The standard InChI is InChI=1S/C23H25N3O3/c1-23(2)14-19(11-12-29-23)24-21(27)15-26-22(28)10-9-20(25-26)18-8-7-16-5-3-4-6-17(16)13-18/h3-10,13,19H,11-12,14-15H2,1-2H3,(H,24,27). The Kier molecular flexibility index (Phi) is 5.20. The average Bonchev–Trinajstić information content (AvgIpc) is 2.68. The van der Waals surface area contributed by atoms with Gasteiger partial charge in [-0.05, 0) is 49.6 Å². The number of aromatic nitrogens is 2. The van der Waals surface area contributed by atoms with Crippen LogP contribution in [0.2, 0.25) is 0 Å². The van der Waals surface area contributed by atoms with E-state index in [2.05, 4.69) is 16.5 Å². The van der Waals surface area contributed by atoms with Gasteiger partial charge in [0.25, 0.3) is 5.56 Å². The van der Waals surface area contributed by atoms with E-state index in [4.69, 9.17) is 4.74 Å². The number of nitrogens with zero attached hydrogens (tertiary/aromatic N) is 2. The molecule has 1 unspecified atom stereocenters.